The van der Waals surface area contributed by atoms with E-state index in [2.05, 4.69) is 22.5 Å². The fourth-order valence-corrected chi connectivity index (χ4v) is 1.97. The minimum absolute atomic E-state index is 0.120. The van der Waals surface area contributed by atoms with Gasteiger partial charge in [-0.25, -0.2) is 9.78 Å². The molecule has 1 aromatic heterocycles. The van der Waals surface area contributed by atoms with Gasteiger partial charge in [-0.2, -0.15) is 0 Å². The number of aromatic nitrogens is 2. The molecule has 1 heterocycles. The van der Waals surface area contributed by atoms with Crippen LogP contribution in [0.5, 0.6) is 0 Å². The second-order valence-electron chi connectivity index (χ2n) is 4.99. The van der Waals surface area contributed by atoms with Gasteiger partial charge in [0, 0.05) is 30.5 Å². The fourth-order valence-electron chi connectivity index (χ4n) is 1.97. The van der Waals surface area contributed by atoms with E-state index in [4.69, 9.17) is 0 Å². The summed E-state index contributed by atoms with van der Waals surface area (Å²) < 4.78 is 1.46. The predicted octanol–water partition coefficient (Wildman–Crippen LogP) is 1.94. The number of anilines is 1. The van der Waals surface area contributed by atoms with Crippen LogP contribution in [-0.2, 0) is 13.0 Å². The lowest BCUT2D eigenvalue weighted by Gasteiger charge is -2.09. The van der Waals surface area contributed by atoms with E-state index in [0.717, 1.165) is 12.1 Å². The molecule has 0 aliphatic carbocycles. The van der Waals surface area contributed by atoms with E-state index >= 15 is 0 Å². The number of carbonyl (C=O) groups excluding carboxylic acids is 1. The maximum atomic E-state index is 11.8. The monoisotopic (exact) mass is 300 g/mol. The lowest BCUT2D eigenvalue weighted by molar-refractivity contribution is 0.251. The Morgan fingerprint density at radius 3 is 2.64 bits per heavy atom. The van der Waals surface area contributed by atoms with Crippen LogP contribution in [0, 0.1) is 6.92 Å². The number of carbonyl (C=O) groups is 1. The average Bonchev–Trinajstić information content (AvgIpc) is 2.50. The molecule has 6 nitrogen and oxygen atoms in total. The highest BCUT2D eigenvalue weighted by Gasteiger charge is 2.02. The summed E-state index contributed by atoms with van der Waals surface area (Å²) in [7, 11) is 0. The summed E-state index contributed by atoms with van der Waals surface area (Å²) in [5.74, 6) is 0. The van der Waals surface area contributed by atoms with Crippen LogP contribution in [0.1, 0.15) is 18.2 Å². The Hall–Kier alpha value is -2.63. The second kappa shape index (κ2) is 7.40. The first-order chi connectivity index (χ1) is 10.6. The van der Waals surface area contributed by atoms with Crippen LogP contribution in [0.4, 0.5) is 10.5 Å². The van der Waals surface area contributed by atoms with Gasteiger partial charge < -0.3 is 10.6 Å². The number of amides is 2. The molecule has 116 valence electrons. The zero-order valence-electron chi connectivity index (χ0n) is 12.8. The third-order valence-corrected chi connectivity index (χ3v) is 3.27. The maximum absolute atomic E-state index is 11.8. The fraction of sp³-hybridized carbons (Fsp3) is 0.312. The molecule has 0 unspecified atom stereocenters. The SMILES string of the molecule is CCc1ccc(NC(=O)NCCn2cnc(C)cc2=O)cc1. The number of nitrogens with zero attached hydrogens (tertiary/aromatic N) is 2. The molecule has 0 saturated heterocycles. The van der Waals surface area contributed by atoms with E-state index in [9.17, 15) is 9.59 Å². The molecule has 2 aromatic rings. The molecule has 0 aliphatic rings. The molecule has 0 atom stereocenters. The van der Waals surface area contributed by atoms with Gasteiger partial charge in [0.25, 0.3) is 5.56 Å². The molecule has 2 N–H and O–H groups in total. The average molecular weight is 300 g/mol. The van der Waals surface area contributed by atoms with E-state index in [1.165, 1.54) is 22.5 Å². The third-order valence-electron chi connectivity index (χ3n) is 3.27. The molecule has 2 rings (SSSR count). The zero-order chi connectivity index (χ0) is 15.9. The highest BCUT2D eigenvalue weighted by atomic mass is 16.2. The highest BCUT2D eigenvalue weighted by molar-refractivity contribution is 5.89. The van der Waals surface area contributed by atoms with E-state index in [0.29, 0.717) is 18.8 Å². The van der Waals surface area contributed by atoms with Gasteiger partial charge in [-0.1, -0.05) is 19.1 Å². The molecule has 0 spiro atoms. The lowest BCUT2D eigenvalue weighted by Crippen LogP contribution is -2.33. The quantitative estimate of drug-likeness (QED) is 0.886. The topological polar surface area (TPSA) is 76.0 Å². The van der Waals surface area contributed by atoms with Crippen LogP contribution in [0.25, 0.3) is 0 Å². The van der Waals surface area contributed by atoms with Crippen LogP contribution in [0.2, 0.25) is 0 Å². The van der Waals surface area contributed by atoms with E-state index in [1.807, 2.05) is 24.3 Å². The number of aryl methyl sites for hydroxylation is 2. The molecule has 0 fully saturated rings. The Kier molecular flexibility index (Phi) is 5.30. The van der Waals surface area contributed by atoms with Crippen molar-refractivity contribution in [1.29, 1.82) is 0 Å². The zero-order valence-corrected chi connectivity index (χ0v) is 12.8. The van der Waals surface area contributed by atoms with Crippen molar-refractivity contribution in [2.45, 2.75) is 26.8 Å². The molecule has 1 aromatic carbocycles. The van der Waals surface area contributed by atoms with Crippen molar-refractivity contribution < 1.29 is 4.79 Å². The third kappa shape index (κ3) is 4.44. The largest absolute Gasteiger partial charge is 0.336 e. The Balaban J connectivity index is 1.81. The first kappa shape index (κ1) is 15.8. The molecular weight excluding hydrogens is 280 g/mol. The number of urea groups is 1. The molecule has 2 amide bonds. The van der Waals surface area contributed by atoms with Crippen LogP contribution >= 0.6 is 0 Å². The molecule has 22 heavy (non-hydrogen) atoms. The number of hydrogen-bond acceptors (Lipinski definition) is 3. The van der Waals surface area contributed by atoms with Gasteiger partial charge in [0.2, 0.25) is 0 Å². The summed E-state index contributed by atoms with van der Waals surface area (Å²) in [5.41, 5.74) is 2.52. The first-order valence-electron chi connectivity index (χ1n) is 7.25. The maximum Gasteiger partial charge on any atom is 0.319 e. The molecular formula is C16H20N4O2. The first-order valence-corrected chi connectivity index (χ1v) is 7.25. The Morgan fingerprint density at radius 1 is 1.27 bits per heavy atom. The molecule has 0 radical (unpaired) electrons. The summed E-state index contributed by atoms with van der Waals surface area (Å²) in [6.45, 7) is 4.58. The summed E-state index contributed by atoms with van der Waals surface area (Å²) in [4.78, 5) is 27.5. The second-order valence-corrected chi connectivity index (χ2v) is 4.99. The van der Waals surface area contributed by atoms with Crippen LogP contribution in [0.3, 0.4) is 0 Å². The summed E-state index contributed by atoms with van der Waals surface area (Å²) >= 11 is 0. The summed E-state index contributed by atoms with van der Waals surface area (Å²) in [6.07, 6.45) is 2.45. The van der Waals surface area contributed by atoms with Crippen LogP contribution < -0.4 is 16.2 Å². The smallest absolute Gasteiger partial charge is 0.319 e. The van der Waals surface area contributed by atoms with E-state index < -0.39 is 0 Å². The van der Waals surface area contributed by atoms with Gasteiger partial charge in [-0.15, -0.1) is 0 Å². The normalized spacial score (nSPS) is 10.3. The summed E-state index contributed by atoms with van der Waals surface area (Å²) in [5, 5.41) is 5.46. The standard InChI is InChI=1S/C16H20N4O2/c1-3-13-4-6-14(7-5-13)19-16(22)17-8-9-20-11-18-12(2)10-15(20)21/h4-7,10-11H,3,8-9H2,1-2H3,(H2,17,19,22). The minimum Gasteiger partial charge on any atom is -0.336 e. The van der Waals surface area contributed by atoms with Gasteiger partial charge in [-0.3, -0.25) is 9.36 Å². The summed E-state index contributed by atoms with van der Waals surface area (Å²) in [6, 6.07) is 8.87. The molecule has 6 heteroatoms. The van der Waals surface area contributed by atoms with Crippen LogP contribution in [-0.4, -0.2) is 22.1 Å². The lowest BCUT2D eigenvalue weighted by atomic mass is 10.1. The highest BCUT2D eigenvalue weighted by Crippen LogP contribution is 2.09. The number of hydrogen-bond donors (Lipinski definition) is 2. The molecule has 0 bridgehead atoms. The van der Waals surface area contributed by atoms with E-state index in [1.54, 1.807) is 6.92 Å². The number of rotatable bonds is 5. The molecule has 0 saturated carbocycles. The van der Waals surface area contributed by atoms with Crippen molar-refractivity contribution in [1.82, 2.24) is 14.9 Å². The van der Waals surface area contributed by atoms with Gasteiger partial charge in [0.1, 0.15) is 0 Å². The van der Waals surface area contributed by atoms with Crippen molar-refractivity contribution in [3.8, 4) is 0 Å². The number of nitrogens with one attached hydrogen (secondary N) is 2. The van der Waals surface area contributed by atoms with Crippen molar-refractivity contribution >= 4 is 11.7 Å². The molecule has 0 aliphatic heterocycles. The Bertz CT molecular complexity index is 692. The van der Waals surface area contributed by atoms with Gasteiger partial charge >= 0.3 is 6.03 Å². The van der Waals surface area contributed by atoms with Crippen molar-refractivity contribution in [3.63, 3.8) is 0 Å². The number of benzene rings is 1. The van der Waals surface area contributed by atoms with Gasteiger partial charge in [-0.05, 0) is 31.0 Å². The van der Waals surface area contributed by atoms with Gasteiger partial charge in [0.05, 0.1) is 6.33 Å². The van der Waals surface area contributed by atoms with Crippen molar-refractivity contribution in [3.05, 3.63) is 58.3 Å². The van der Waals surface area contributed by atoms with E-state index in [-0.39, 0.29) is 11.6 Å². The minimum atomic E-state index is -0.294. The van der Waals surface area contributed by atoms with Crippen molar-refractivity contribution in [2.24, 2.45) is 0 Å². The van der Waals surface area contributed by atoms with Crippen molar-refractivity contribution in [2.75, 3.05) is 11.9 Å². The predicted molar refractivity (Wildman–Crippen MR) is 86.1 cm³/mol. The Labute approximate surface area is 129 Å². The Morgan fingerprint density at radius 2 is 2.00 bits per heavy atom. The van der Waals surface area contributed by atoms with Crippen LogP contribution in [0.15, 0.2) is 41.5 Å². The van der Waals surface area contributed by atoms with Gasteiger partial charge in [0.15, 0.2) is 0 Å².